The van der Waals surface area contributed by atoms with Gasteiger partial charge in [0.15, 0.2) is 5.82 Å². The van der Waals surface area contributed by atoms with Crippen molar-refractivity contribution in [1.29, 1.82) is 0 Å². The number of ether oxygens (including phenoxy) is 1. The molecule has 1 saturated heterocycles. The van der Waals surface area contributed by atoms with Crippen molar-refractivity contribution in [3.63, 3.8) is 0 Å². The molecule has 1 saturated carbocycles. The van der Waals surface area contributed by atoms with Crippen molar-refractivity contribution in [2.45, 2.75) is 77.3 Å². The smallest absolute Gasteiger partial charge is 0.332 e. The molecule has 1 unspecified atom stereocenters. The summed E-state index contributed by atoms with van der Waals surface area (Å²) < 4.78 is 9.29. The van der Waals surface area contributed by atoms with Gasteiger partial charge in [-0.05, 0) is 37.7 Å². The van der Waals surface area contributed by atoms with Crippen molar-refractivity contribution in [1.82, 2.24) is 19.2 Å². The fourth-order valence-electron chi connectivity index (χ4n) is 5.52. The average Bonchev–Trinajstić information content (AvgIpc) is 3.15. The van der Waals surface area contributed by atoms with Gasteiger partial charge < -0.3 is 4.74 Å². The van der Waals surface area contributed by atoms with Crippen LogP contribution in [0.2, 0.25) is 0 Å². The largest absolute Gasteiger partial charge is 0.364 e. The number of hydrogen-bond acceptors (Lipinski definition) is 5. The Kier molecular flexibility index (Phi) is 5.56. The van der Waals surface area contributed by atoms with Gasteiger partial charge in [0.2, 0.25) is 0 Å². The van der Waals surface area contributed by atoms with E-state index in [9.17, 15) is 9.59 Å². The first kappa shape index (κ1) is 20.6. The second kappa shape index (κ2) is 8.36. The van der Waals surface area contributed by atoms with Crippen molar-refractivity contribution < 1.29 is 4.74 Å². The molecule has 0 bridgehead atoms. The number of benzene rings is 1. The summed E-state index contributed by atoms with van der Waals surface area (Å²) in [6, 6.07) is 8.56. The summed E-state index contributed by atoms with van der Waals surface area (Å²) in [6.45, 7) is 5.92. The fourth-order valence-corrected chi connectivity index (χ4v) is 5.52. The Morgan fingerprint density at radius 2 is 1.97 bits per heavy atom. The molecule has 3 aliphatic rings. The number of likely N-dealkylation sites (tertiary alicyclic amines) is 1. The Morgan fingerprint density at radius 1 is 1.13 bits per heavy atom. The Bertz CT molecular complexity index is 1070. The molecule has 3 heterocycles. The summed E-state index contributed by atoms with van der Waals surface area (Å²) in [7, 11) is 0. The van der Waals surface area contributed by atoms with E-state index in [4.69, 9.17) is 4.74 Å². The minimum absolute atomic E-state index is 0.290. The number of rotatable bonds is 4. The first-order chi connectivity index (χ1) is 15.0. The Balaban J connectivity index is 1.32. The molecule has 2 aromatic rings. The van der Waals surface area contributed by atoms with Crippen LogP contribution >= 0.6 is 0 Å². The molecule has 7 heteroatoms. The van der Waals surface area contributed by atoms with Gasteiger partial charge in [0.05, 0.1) is 6.54 Å². The minimum Gasteiger partial charge on any atom is -0.364 e. The summed E-state index contributed by atoms with van der Waals surface area (Å²) >= 11 is 0. The van der Waals surface area contributed by atoms with Crippen LogP contribution in [0.1, 0.15) is 55.5 Å². The van der Waals surface area contributed by atoms with E-state index in [0.29, 0.717) is 31.4 Å². The standard InChI is InChI=1S/C24H32N4O3/c1-18-6-5-9-20(12-18)13-26-11-10-24(16-26)17-27-21(15-31-24)25-28(23(30)22(27)29)14-19-7-3-2-4-8-19/h5-6,9,12,19H,2-4,7-8,10-11,13-17H2,1H3. The average molecular weight is 425 g/mol. The second-order valence-electron chi connectivity index (χ2n) is 9.72. The van der Waals surface area contributed by atoms with Crippen LogP contribution in [0.25, 0.3) is 0 Å². The number of fused-ring (bicyclic) bond motifs is 1. The molecule has 5 rings (SSSR count). The number of aromatic nitrogens is 3. The zero-order chi connectivity index (χ0) is 21.4. The summed E-state index contributed by atoms with van der Waals surface area (Å²) in [4.78, 5) is 28.1. The molecule has 1 atom stereocenters. The van der Waals surface area contributed by atoms with E-state index in [2.05, 4.69) is 41.2 Å². The van der Waals surface area contributed by atoms with E-state index in [1.165, 1.54) is 35.1 Å². The lowest BCUT2D eigenvalue weighted by atomic mass is 9.89. The highest BCUT2D eigenvalue weighted by molar-refractivity contribution is 5.22. The predicted molar refractivity (Wildman–Crippen MR) is 118 cm³/mol. The summed E-state index contributed by atoms with van der Waals surface area (Å²) in [5.74, 6) is 1.03. The van der Waals surface area contributed by atoms with E-state index >= 15 is 0 Å². The van der Waals surface area contributed by atoms with Gasteiger partial charge in [-0.2, -0.15) is 5.10 Å². The molecular weight excluding hydrogens is 392 g/mol. The maximum atomic E-state index is 12.9. The third kappa shape index (κ3) is 4.26. The van der Waals surface area contributed by atoms with E-state index in [0.717, 1.165) is 38.9 Å². The molecule has 7 nitrogen and oxygen atoms in total. The molecule has 166 valence electrons. The highest BCUT2D eigenvalue weighted by Crippen LogP contribution is 2.32. The topological polar surface area (TPSA) is 69.4 Å². The zero-order valence-electron chi connectivity index (χ0n) is 18.4. The van der Waals surface area contributed by atoms with E-state index < -0.39 is 16.7 Å². The van der Waals surface area contributed by atoms with Crippen LogP contribution in [-0.2, 0) is 31.0 Å². The van der Waals surface area contributed by atoms with Crippen LogP contribution in [0.3, 0.4) is 0 Å². The van der Waals surface area contributed by atoms with Crippen LogP contribution < -0.4 is 11.1 Å². The molecule has 0 N–H and O–H groups in total. The molecule has 1 aliphatic carbocycles. The first-order valence-corrected chi connectivity index (χ1v) is 11.6. The van der Waals surface area contributed by atoms with Crippen molar-refractivity contribution in [2.24, 2.45) is 5.92 Å². The highest BCUT2D eigenvalue weighted by atomic mass is 16.5. The zero-order valence-corrected chi connectivity index (χ0v) is 18.4. The molecular formula is C24H32N4O3. The SMILES string of the molecule is Cc1cccc(CN2CCC3(C2)Cn2c(nn(CC4CCCCC4)c(=O)c2=O)CO3)c1. The Labute approximate surface area is 182 Å². The molecule has 0 amide bonds. The van der Waals surface area contributed by atoms with Gasteiger partial charge in [-0.3, -0.25) is 19.1 Å². The van der Waals surface area contributed by atoms with Crippen molar-refractivity contribution in [3.05, 3.63) is 61.9 Å². The maximum Gasteiger partial charge on any atom is 0.332 e. The van der Waals surface area contributed by atoms with Crippen LogP contribution in [0.4, 0.5) is 0 Å². The monoisotopic (exact) mass is 424 g/mol. The lowest BCUT2D eigenvalue weighted by Gasteiger charge is -2.35. The molecule has 1 spiro atoms. The molecule has 31 heavy (non-hydrogen) atoms. The second-order valence-corrected chi connectivity index (χ2v) is 9.72. The normalized spacial score (nSPS) is 24.5. The van der Waals surface area contributed by atoms with Crippen LogP contribution in [0, 0.1) is 12.8 Å². The molecule has 1 aromatic heterocycles. The Hall–Kier alpha value is -2.25. The van der Waals surface area contributed by atoms with Crippen molar-refractivity contribution >= 4 is 0 Å². The van der Waals surface area contributed by atoms with Crippen LogP contribution in [0.5, 0.6) is 0 Å². The molecule has 2 fully saturated rings. The summed E-state index contributed by atoms with van der Waals surface area (Å²) in [5.41, 5.74) is 1.21. The fraction of sp³-hybridized carbons (Fsp3) is 0.625. The van der Waals surface area contributed by atoms with Gasteiger partial charge in [0.1, 0.15) is 12.2 Å². The number of nitrogens with zero attached hydrogens (tertiary/aromatic N) is 4. The number of hydrogen-bond donors (Lipinski definition) is 0. The predicted octanol–water partition coefficient (Wildman–Crippen LogP) is 2.47. The first-order valence-electron chi connectivity index (χ1n) is 11.6. The summed E-state index contributed by atoms with van der Waals surface area (Å²) in [5, 5.41) is 4.55. The third-order valence-electron chi connectivity index (χ3n) is 7.20. The molecule has 0 radical (unpaired) electrons. The quantitative estimate of drug-likeness (QED) is 0.706. The number of aryl methyl sites for hydroxylation is 1. The van der Waals surface area contributed by atoms with Crippen LogP contribution in [0.15, 0.2) is 33.9 Å². The van der Waals surface area contributed by atoms with E-state index in [-0.39, 0.29) is 0 Å². The van der Waals surface area contributed by atoms with Gasteiger partial charge >= 0.3 is 11.1 Å². The van der Waals surface area contributed by atoms with Gasteiger partial charge in [-0.1, -0.05) is 49.1 Å². The van der Waals surface area contributed by atoms with Gasteiger partial charge in [-0.15, -0.1) is 0 Å². The van der Waals surface area contributed by atoms with Crippen molar-refractivity contribution in [3.8, 4) is 0 Å². The maximum absolute atomic E-state index is 12.9. The molecule has 2 aliphatic heterocycles. The van der Waals surface area contributed by atoms with Gasteiger partial charge in [0.25, 0.3) is 0 Å². The van der Waals surface area contributed by atoms with Gasteiger partial charge in [0, 0.05) is 26.2 Å². The van der Waals surface area contributed by atoms with Crippen LogP contribution in [-0.4, -0.2) is 37.9 Å². The summed E-state index contributed by atoms with van der Waals surface area (Å²) in [6.07, 6.45) is 6.76. The lowest BCUT2D eigenvalue weighted by Crippen LogP contribution is -2.53. The highest BCUT2D eigenvalue weighted by Gasteiger charge is 2.43. The third-order valence-corrected chi connectivity index (χ3v) is 7.20. The lowest BCUT2D eigenvalue weighted by molar-refractivity contribution is -0.0860. The Morgan fingerprint density at radius 3 is 2.77 bits per heavy atom. The minimum atomic E-state index is -0.485. The molecule has 1 aromatic carbocycles. The van der Waals surface area contributed by atoms with Crippen molar-refractivity contribution in [2.75, 3.05) is 13.1 Å². The van der Waals surface area contributed by atoms with E-state index in [1.54, 1.807) is 4.57 Å². The van der Waals surface area contributed by atoms with E-state index in [1.807, 2.05) is 0 Å². The van der Waals surface area contributed by atoms with Gasteiger partial charge in [-0.25, -0.2) is 4.68 Å².